The summed E-state index contributed by atoms with van der Waals surface area (Å²) in [5, 5.41) is 1.46. The number of carbonyl (C=O) groups is 2. The third kappa shape index (κ3) is 3.19. The number of aromatic nitrogens is 1. The Morgan fingerprint density at radius 1 is 1.15 bits per heavy atom. The summed E-state index contributed by atoms with van der Waals surface area (Å²) in [5.41, 5.74) is 0.679. The van der Waals surface area contributed by atoms with Gasteiger partial charge in [0.25, 0.3) is 0 Å². The highest BCUT2D eigenvalue weighted by molar-refractivity contribution is 7.11. The zero-order valence-electron chi connectivity index (χ0n) is 14.5. The molecule has 1 aromatic heterocycles. The van der Waals surface area contributed by atoms with Crippen molar-refractivity contribution >= 4 is 34.5 Å². The van der Waals surface area contributed by atoms with E-state index in [4.69, 9.17) is 16.3 Å². The Morgan fingerprint density at radius 2 is 1.81 bits per heavy atom. The summed E-state index contributed by atoms with van der Waals surface area (Å²) in [6.45, 7) is 2.36. The number of thiazole rings is 1. The van der Waals surface area contributed by atoms with E-state index in [2.05, 4.69) is 4.98 Å². The van der Waals surface area contributed by atoms with Crippen molar-refractivity contribution in [3.63, 3.8) is 0 Å². The van der Waals surface area contributed by atoms with Crippen molar-refractivity contribution in [3.8, 4) is 5.75 Å². The predicted octanol–water partition coefficient (Wildman–Crippen LogP) is 4.59. The van der Waals surface area contributed by atoms with Crippen molar-refractivity contribution in [2.24, 2.45) is 11.8 Å². The van der Waals surface area contributed by atoms with Gasteiger partial charge in [-0.15, -0.1) is 11.3 Å². The Kier molecular flexibility index (Phi) is 4.84. The molecule has 0 aliphatic heterocycles. The lowest BCUT2D eigenvalue weighted by molar-refractivity contribution is -0.136. The lowest BCUT2D eigenvalue weighted by Crippen LogP contribution is -2.35. The molecule has 4 nitrogen and oxygen atoms in total. The summed E-state index contributed by atoms with van der Waals surface area (Å²) in [4.78, 5) is 31.2. The van der Waals surface area contributed by atoms with Crippen LogP contribution in [0.2, 0.25) is 5.02 Å². The van der Waals surface area contributed by atoms with Crippen LogP contribution in [-0.2, 0) is 22.6 Å². The molecule has 2 aliphatic rings. The molecule has 0 N–H and O–H groups in total. The van der Waals surface area contributed by atoms with Crippen LogP contribution in [0.25, 0.3) is 0 Å². The summed E-state index contributed by atoms with van der Waals surface area (Å²) in [6.07, 6.45) is 3.21. The average molecular weight is 390 g/mol. The zero-order valence-corrected chi connectivity index (χ0v) is 16.1. The van der Waals surface area contributed by atoms with Crippen LogP contribution in [0.15, 0.2) is 24.3 Å². The highest BCUT2D eigenvalue weighted by Gasteiger charge is 2.48. The monoisotopic (exact) mass is 389 g/mol. The zero-order chi connectivity index (χ0) is 18.3. The van der Waals surface area contributed by atoms with Gasteiger partial charge in [0.1, 0.15) is 23.3 Å². The van der Waals surface area contributed by atoms with Gasteiger partial charge in [0.05, 0.1) is 5.69 Å². The first-order chi connectivity index (χ1) is 12.6. The van der Waals surface area contributed by atoms with Crippen LogP contribution in [0.1, 0.15) is 47.7 Å². The van der Waals surface area contributed by atoms with Gasteiger partial charge in [0, 0.05) is 21.7 Å². The molecule has 2 bridgehead atoms. The molecule has 3 atom stereocenters. The largest absolute Gasteiger partial charge is 0.486 e. The van der Waals surface area contributed by atoms with E-state index in [1.807, 2.05) is 19.1 Å². The molecule has 2 fully saturated rings. The summed E-state index contributed by atoms with van der Waals surface area (Å²) in [6, 6.07) is 7.17. The number of fused-ring (bicyclic) bond motifs is 2. The summed E-state index contributed by atoms with van der Waals surface area (Å²) >= 11 is 7.42. The predicted molar refractivity (Wildman–Crippen MR) is 101 cm³/mol. The Hall–Kier alpha value is -1.72. The minimum Gasteiger partial charge on any atom is -0.486 e. The lowest BCUT2D eigenvalue weighted by Gasteiger charge is -2.24. The second-order valence-electron chi connectivity index (χ2n) is 6.96. The quantitative estimate of drug-likeness (QED) is 0.702. The molecule has 136 valence electrons. The van der Waals surface area contributed by atoms with Crippen LogP contribution in [0.5, 0.6) is 5.75 Å². The number of hydrogen-bond acceptors (Lipinski definition) is 5. The van der Waals surface area contributed by atoms with E-state index in [1.165, 1.54) is 11.3 Å². The highest BCUT2D eigenvalue weighted by Crippen LogP contribution is 2.45. The van der Waals surface area contributed by atoms with E-state index in [1.54, 1.807) is 12.1 Å². The first kappa shape index (κ1) is 17.7. The number of nitrogens with zero attached hydrogens (tertiary/aromatic N) is 1. The number of hydrogen-bond donors (Lipinski definition) is 0. The van der Waals surface area contributed by atoms with Gasteiger partial charge in [-0.1, -0.05) is 18.5 Å². The van der Waals surface area contributed by atoms with Crippen molar-refractivity contribution in [2.75, 3.05) is 0 Å². The molecule has 1 aromatic carbocycles. The average Bonchev–Trinajstić information content (AvgIpc) is 3.26. The minimum atomic E-state index is -0.656. The van der Waals surface area contributed by atoms with Crippen LogP contribution in [-0.4, -0.2) is 16.6 Å². The maximum atomic E-state index is 12.8. The number of ketones is 2. The van der Waals surface area contributed by atoms with Crippen LogP contribution < -0.4 is 4.74 Å². The molecular weight excluding hydrogens is 370 g/mol. The number of aryl methyl sites for hydroxylation is 1. The molecule has 0 saturated heterocycles. The normalized spacial score (nSPS) is 24.9. The number of rotatable bonds is 5. The molecule has 0 spiro atoms. The van der Waals surface area contributed by atoms with Crippen molar-refractivity contribution in [1.82, 2.24) is 4.98 Å². The fourth-order valence-corrected chi connectivity index (χ4v) is 5.09. The highest BCUT2D eigenvalue weighted by atomic mass is 35.5. The van der Waals surface area contributed by atoms with E-state index in [0.29, 0.717) is 23.1 Å². The van der Waals surface area contributed by atoms with Crippen LogP contribution in [0, 0.1) is 11.8 Å². The third-order valence-corrected chi connectivity index (χ3v) is 6.79. The fourth-order valence-electron chi connectivity index (χ4n) is 4.01. The van der Waals surface area contributed by atoms with Crippen molar-refractivity contribution in [3.05, 3.63) is 44.9 Å². The topological polar surface area (TPSA) is 56.3 Å². The lowest BCUT2D eigenvalue weighted by atomic mass is 9.77. The number of carbonyl (C=O) groups excluding carboxylic acids is 2. The summed E-state index contributed by atoms with van der Waals surface area (Å²) in [7, 11) is 0. The van der Waals surface area contributed by atoms with Gasteiger partial charge in [0.15, 0.2) is 11.6 Å². The molecule has 4 rings (SSSR count). The van der Waals surface area contributed by atoms with Gasteiger partial charge < -0.3 is 4.74 Å². The van der Waals surface area contributed by atoms with Gasteiger partial charge in [-0.05, 0) is 49.9 Å². The van der Waals surface area contributed by atoms with E-state index < -0.39 is 5.92 Å². The first-order valence-electron chi connectivity index (χ1n) is 9.01. The molecule has 1 heterocycles. The second kappa shape index (κ2) is 7.12. The van der Waals surface area contributed by atoms with Gasteiger partial charge >= 0.3 is 0 Å². The van der Waals surface area contributed by atoms with Crippen LogP contribution in [0.3, 0.4) is 0 Å². The van der Waals surface area contributed by atoms with Gasteiger partial charge in [-0.3, -0.25) is 9.59 Å². The Labute approximate surface area is 161 Å². The van der Waals surface area contributed by atoms with E-state index in [9.17, 15) is 9.59 Å². The van der Waals surface area contributed by atoms with Crippen molar-refractivity contribution in [2.45, 2.75) is 45.1 Å². The van der Waals surface area contributed by atoms with Crippen LogP contribution in [0.4, 0.5) is 0 Å². The summed E-state index contributed by atoms with van der Waals surface area (Å²) < 4.78 is 5.77. The molecule has 26 heavy (non-hydrogen) atoms. The second-order valence-corrected chi connectivity index (χ2v) is 8.56. The van der Waals surface area contributed by atoms with Crippen molar-refractivity contribution < 1.29 is 14.3 Å². The number of Topliss-reactive ketones (excluding diaryl/α,β-unsaturated/α-hetero) is 2. The smallest absolute Gasteiger partial charge is 0.152 e. The standard InChI is InChI=1S/C20H20ClNO3S/c1-2-15-18(17-19(23)11-3-4-12(9-11)20(17)24)22-16(26-15)10-25-14-7-5-13(21)6-8-14/h5-8,11-12,17H,2-4,9-10H2,1H3/t11-,12+,17?. The molecule has 2 aliphatic carbocycles. The maximum Gasteiger partial charge on any atom is 0.152 e. The van der Waals surface area contributed by atoms with Gasteiger partial charge in [-0.2, -0.15) is 0 Å². The number of benzene rings is 1. The minimum absolute atomic E-state index is 0.0443. The fraction of sp³-hybridized carbons (Fsp3) is 0.450. The molecule has 6 heteroatoms. The molecule has 0 amide bonds. The first-order valence-corrected chi connectivity index (χ1v) is 10.2. The molecule has 0 radical (unpaired) electrons. The van der Waals surface area contributed by atoms with Crippen molar-refractivity contribution in [1.29, 1.82) is 0 Å². The molecule has 2 saturated carbocycles. The third-order valence-electron chi connectivity index (χ3n) is 5.35. The Morgan fingerprint density at radius 3 is 2.42 bits per heavy atom. The van der Waals surface area contributed by atoms with Crippen LogP contribution >= 0.6 is 22.9 Å². The SMILES string of the molecule is CCc1sc(COc2ccc(Cl)cc2)nc1C1C(=O)[C@@H]2CC[C@@H](C2)C1=O. The number of ether oxygens (including phenoxy) is 1. The Balaban J connectivity index is 1.56. The maximum absolute atomic E-state index is 12.8. The Bertz CT molecular complexity index is 823. The summed E-state index contributed by atoms with van der Waals surface area (Å²) in [5.74, 6) is 0.303. The molecule has 1 unspecified atom stereocenters. The molecular formula is C20H20ClNO3S. The van der Waals surface area contributed by atoms with Gasteiger partial charge in [-0.25, -0.2) is 4.98 Å². The van der Waals surface area contributed by atoms with E-state index >= 15 is 0 Å². The van der Waals surface area contributed by atoms with E-state index in [-0.39, 0.29) is 23.4 Å². The van der Waals surface area contributed by atoms with Gasteiger partial charge in [0.2, 0.25) is 0 Å². The van der Waals surface area contributed by atoms with E-state index in [0.717, 1.165) is 35.6 Å². The number of halogens is 1. The molecule has 2 aromatic rings.